The molecule has 1 aromatic carbocycles. The molecule has 1 saturated heterocycles. The molecule has 0 bridgehead atoms. The van der Waals surface area contributed by atoms with Gasteiger partial charge in [0, 0.05) is 29.7 Å². The van der Waals surface area contributed by atoms with Crippen LogP contribution in [0.4, 0.5) is 0 Å². The van der Waals surface area contributed by atoms with Crippen molar-refractivity contribution in [2.75, 3.05) is 13.1 Å². The van der Waals surface area contributed by atoms with Crippen molar-refractivity contribution in [1.29, 1.82) is 0 Å². The molecule has 152 valence electrons. The maximum atomic E-state index is 12.7. The summed E-state index contributed by atoms with van der Waals surface area (Å²) < 4.78 is 5.41. The summed E-state index contributed by atoms with van der Waals surface area (Å²) in [7, 11) is 0. The number of hydrogen-bond donors (Lipinski definition) is 1. The molecule has 1 aromatic rings. The Bertz CT molecular complexity index is 716. The number of nitrogens with zero attached hydrogens (tertiary/aromatic N) is 1. The third-order valence-electron chi connectivity index (χ3n) is 5.50. The molecule has 2 fully saturated rings. The second-order valence-corrected chi connectivity index (χ2v) is 8.10. The average Bonchev–Trinajstić information content (AvgIpc) is 3.21. The zero-order valence-corrected chi connectivity index (χ0v) is 16.9. The fourth-order valence-corrected chi connectivity index (χ4v) is 3.97. The third-order valence-corrected chi connectivity index (χ3v) is 5.75. The molecule has 2 aliphatic rings. The molecule has 6 nitrogen and oxygen atoms in total. The summed E-state index contributed by atoms with van der Waals surface area (Å²) in [5.41, 5.74) is 0.544. The number of nitrogens with one attached hydrogen (secondary N) is 1. The number of carbonyl (C=O) groups excluding carboxylic acids is 3. The summed E-state index contributed by atoms with van der Waals surface area (Å²) in [6.07, 6.45) is 4.77. The van der Waals surface area contributed by atoms with E-state index in [0.717, 1.165) is 32.1 Å². The SMILES string of the molecule is C[C@@H](OC(=O)[C@H]1CCCN(C(=O)c2ccc(Cl)cc2)C1)C(=O)NC1CCCC1. The first-order valence-electron chi connectivity index (χ1n) is 9.99. The second-order valence-electron chi connectivity index (χ2n) is 7.67. The average molecular weight is 407 g/mol. The van der Waals surface area contributed by atoms with Crippen molar-refractivity contribution in [2.24, 2.45) is 5.92 Å². The van der Waals surface area contributed by atoms with Crippen molar-refractivity contribution >= 4 is 29.4 Å². The molecule has 0 unspecified atom stereocenters. The quantitative estimate of drug-likeness (QED) is 0.762. The number of halogens is 1. The number of ether oxygens (including phenoxy) is 1. The first-order valence-corrected chi connectivity index (χ1v) is 10.4. The lowest BCUT2D eigenvalue weighted by Gasteiger charge is -2.32. The van der Waals surface area contributed by atoms with Gasteiger partial charge in [-0.15, -0.1) is 0 Å². The highest BCUT2D eigenvalue weighted by Gasteiger charge is 2.32. The van der Waals surface area contributed by atoms with E-state index in [9.17, 15) is 14.4 Å². The van der Waals surface area contributed by atoms with E-state index in [1.807, 2.05) is 0 Å². The number of carbonyl (C=O) groups is 3. The highest BCUT2D eigenvalue weighted by Crippen LogP contribution is 2.22. The second kappa shape index (κ2) is 9.41. The van der Waals surface area contributed by atoms with Crippen LogP contribution in [0.2, 0.25) is 5.02 Å². The first-order chi connectivity index (χ1) is 13.4. The van der Waals surface area contributed by atoms with Gasteiger partial charge in [0.25, 0.3) is 11.8 Å². The standard InChI is InChI=1S/C21H27ClN2O4/c1-14(19(25)23-18-6-2-3-7-18)28-21(27)16-5-4-12-24(13-16)20(26)15-8-10-17(22)11-9-15/h8-11,14,16,18H,2-7,12-13H2,1H3,(H,23,25)/t14-,16+/m1/s1. The van der Waals surface area contributed by atoms with Gasteiger partial charge in [0.2, 0.25) is 0 Å². The van der Waals surface area contributed by atoms with Crippen molar-refractivity contribution in [3.8, 4) is 0 Å². The van der Waals surface area contributed by atoms with Gasteiger partial charge in [-0.2, -0.15) is 0 Å². The van der Waals surface area contributed by atoms with Crippen LogP contribution in [0.3, 0.4) is 0 Å². The van der Waals surface area contributed by atoms with Gasteiger partial charge in [0.05, 0.1) is 5.92 Å². The van der Waals surface area contributed by atoms with Gasteiger partial charge < -0.3 is 15.0 Å². The number of esters is 1. The molecule has 0 spiro atoms. The van der Waals surface area contributed by atoms with Crippen LogP contribution in [0.25, 0.3) is 0 Å². The van der Waals surface area contributed by atoms with Crippen LogP contribution >= 0.6 is 11.6 Å². The van der Waals surface area contributed by atoms with Gasteiger partial charge in [0.15, 0.2) is 6.10 Å². The molecule has 0 radical (unpaired) electrons. The first kappa shape index (κ1) is 20.6. The molecule has 0 aromatic heterocycles. The van der Waals surface area contributed by atoms with Gasteiger partial charge in [-0.1, -0.05) is 24.4 Å². The maximum Gasteiger partial charge on any atom is 0.311 e. The van der Waals surface area contributed by atoms with E-state index in [1.165, 1.54) is 0 Å². The predicted molar refractivity (Wildman–Crippen MR) is 106 cm³/mol. The molecule has 1 N–H and O–H groups in total. The van der Waals surface area contributed by atoms with Crippen LogP contribution in [0.15, 0.2) is 24.3 Å². The minimum atomic E-state index is -0.824. The van der Waals surface area contributed by atoms with Crippen LogP contribution in [-0.2, 0) is 14.3 Å². The Morgan fingerprint density at radius 2 is 1.79 bits per heavy atom. The fourth-order valence-electron chi connectivity index (χ4n) is 3.84. The molecule has 1 aliphatic carbocycles. The molecule has 2 atom stereocenters. The number of piperidine rings is 1. The molecule has 1 saturated carbocycles. The van der Waals surface area contributed by atoms with Crippen LogP contribution in [0.5, 0.6) is 0 Å². The number of hydrogen-bond acceptors (Lipinski definition) is 4. The zero-order chi connectivity index (χ0) is 20.1. The lowest BCUT2D eigenvalue weighted by Crippen LogP contribution is -2.45. The van der Waals surface area contributed by atoms with E-state index < -0.39 is 18.0 Å². The Morgan fingerprint density at radius 3 is 2.46 bits per heavy atom. The highest BCUT2D eigenvalue weighted by molar-refractivity contribution is 6.30. The van der Waals surface area contributed by atoms with Crippen LogP contribution in [0, 0.1) is 5.92 Å². The molecule has 3 rings (SSSR count). The number of amides is 2. The molecule has 1 aliphatic heterocycles. The van der Waals surface area contributed by atoms with E-state index in [4.69, 9.17) is 16.3 Å². The summed E-state index contributed by atoms with van der Waals surface area (Å²) >= 11 is 5.88. The highest BCUT2D eigenvalue weighted by atomic mass is 35.5. The Balaban J connectivity index is 1.52. The molecule has 7 heteroatoms. The van der Waals surface area contributed by atoms with Gasteiger partial charge in [0.1, 0.15) is 0 Å². The maximum absolute atomic E-state index is 12.7. The summed E-state index contributed by atoms with van der Waals surface area (Å²) in [5, 5.41) is 3.52. The Morgan fingerprint density at radius 1 is 1.11 bits per heavy atom. The van der Waals surface area contributed by atoms with Crippen molar-refractivity contribution in [3.05, 3.63) is 34.9 Å². The van der Waals surface area contributed by atoms with E-state index in [0.29, 0.717) is 30.1 Å². The summed E-state index contributed by atoms with van der Waals surface area (Å²) in [4.78, 5) is 39.1. The van der Waals surface area contributed by atoms with E-state index in [2.05, 4.69) is 5.32 Å². The molecule has 28 heavy (non-hydrogen) atoms. The largest absolute Gasteiger partial charge is 0.452 e. The van der Waals surface area contributed by atoms with Crippen LogP contribution in [0.1, 0.15) is 55.8 Å². The van der Waals surface area contributed by atoms with Gasteiger partial charge in [-0.3, -0.25) is 14.4 Å². The lowest BCUT2D eigenvalue weighted by atomic mass is 9.97. The number of likely N-dealkylation sites (tertiary alicyclic amines) is 1. The van der Waals surface area contributed by atoms with Crippen molar-refractivity contribution in [1.82, 2.24) is 10.2 Å². The van der Waals surface area contributed by atoms with E-state index in [1.54, 1.807) is 36.1 Å². The van der Waals surface area contributed by atoms with Crippen LogP contribution in [-0.4, -0.2) is 47.9 Å². The monoisotopic (exact) mass is 406 g/mol. The summed E-state index contributed by atoms with van der Waals surface area (Å²) in [5.74, 6) is -1.19. The number of benzene rings is 1. The van der Waals surface area contributed by atoms with Crippen molar-refractivity contribution < 1.29 is 19.1 Å². The Hall–Kier alpha value is -2.08. The summed E-state index contributed by atoms with van der Waals surface area (Å²) in [6.45, 7) is 2.50. The minimum Gasteiger partial charge on any atom is -0.452 e. The van der Waals surface area contributed by atoms with Gasteiger partial charge >= 0.3 is 5.97 Å². The zero-order valence-electron chi connectivity index (χ0n) is 16.2. The third kappa shape index (κ3) is 5.25. The Kier molecular flexibility index (Phi) is 6.94. The van der Waals surface area contributed by atoms with Gasteiger partial charge in [-0.25, -0.2) is 0 Å². The normalized spacial score (nSPS) is 21.2. The van der Waals surface area contributed by atoms with Crippen LogP contribution < -0.4 is 5.32 Å². The predicted octanol–water partition coefficient (Wildman–Crippen LogP) is 3.18. The molecular formula is C21H27ClN2O4. The molecule has 1 heterocycles. The lowest BCUT2D eigenvalue weighted by molar-refractivity contribution is -0.160. The molecular weight excluding hydrogens is 380 g/mol. The van der Waals surface area contributed by atoms with Crippen molar-refractivity contribution in [3.63, 3.8) is 0 Å². The molecule has 2 amide bonds. The fraction of sp³-hybridized carbons (Fsp3) is 0.571. The van der Waals surface area contributed by atoms with Gasteiger partial charge in [-0.05, 0) is 56.9 Å². The number of rotatable bonds is 5. The minimum absolute atomic E-state index is 0.124. The Labute approximate surface area is 170 Å². The van der Waals surface area contributed by atoms with Crippen molar-refractivity contribution in [2.45, 2.75) is 57.6 Å². The van der Waals surface area contributed by atoms with E-state index in [-0.39, 0.29) is 17.9 Å². The topological polar surface area (TPSA) is 75.7 Å². The van der Waals surface area contributed by atoms with E-state index >= 15 is 0 Å². The summed E-state index contributed by atoms with van der Waals surface area (Å²) in [6, 6.07) is 6.91. The smallest absolute Gasteiger partial charge is 0.311 e.